The highest BCUT2D eigenvalue weighted by Crippen LogP contribution is 2.35. The minimum absolute atomic E-state index is 0.271. The molecule has 1 amide bonds. The van der Waals surface area contributed by atoms with Crippen LogP contribution < -0.4 is 15.1 Å². The zero-order chi connectivity index (χ0) is 14.8. The molecule has 0 radical (unpaired) electrons. The van der Waals surface area contributed by atoms with Crippen molar-refractivity contribution in [3.63, 3.8) is 0 Å². The Labute approximate surface area is 127 Å². The molecule has 1 aromatic carbocycles. The van der Waals surface area contributed by atoms with Crippen LogP contribution in [0.5, 0.6) is 0 Å². The van der Waals surface area contributed by atoms with E-state index in [-0.39, 0.29) is 5.91 Å². The van der Waals surface area contributed by atoms with Crippen LogP contribution in [0.15, 0.2) is 18.2 Å². The summed E-state index contributed by atoms with van der Waals surface area (Å²) < 4.78 is 0. The summed E-state index contributed by atoms with van der Waals surface area (Å²) in [5.74, 6) is 0.755. The number of anilines is 2. The lowest BCUT2D eigenvalue weighted by Gasteiger charge is -2.33. The predicted octanol–water partition coefficient (Wildman–Crippen LogP) is 2.35. The summed E-state index contributed by atoms with van der Waals surface area (Å²) in [5, 5.41) is 3.39. The molecule has 4 heteroatoms. The number of amides is 1. The number of nitrogens with one attached hydrogen (secondary N) is 1. The Kier molecular flexibility index (Phi) is 4.15. The second kappa shape index (κ2) is 6.06. The number of benzene rings is 1. The van der Waals surface area contributed by atoms with Gasteiger partial charge in [-0.05, 0) is 30.0 Å². The Morgan fingerprint density at radius 3 is 2.48 bits per heavy atom. The van der Waals surface area contributed by atoms with Gasteiger partial charge in [0.1, 0.15) is 0 Å². The fraction of sp³-hybridized carbons (Fsp3) is 0.588. The van der Waals surface area contributed by atoms with Crippen molar-refractivity contribution in [1.82, 2.24) is 5.32 Å². The maximum atomic E-state index is 12.2. The van der Waals surface area contributed by atoms with Gasteiger partial charge in [-0.3, -0.25) is 4.79 Å². The van der Waals surface area contributed by atoms with Gasteiger partial charge in [-0.1, -0.05) is 19.9 Å². The number of piperazine rings is 1. The third kappa shape index (κ3) is 2.91. The molecule has 21 heavy (non-hydrogen) atoms. The number of nitrogens with zero attached hydrogens (tertiary/aromatic N) is 2. The molecule has 0 spiro atoms. The molecular formula is C17H25N3O. The summed E-state index contributed by atoms with van der Waals surface area (Å²) >= 11 is 0. The smallest absolute Gasteiger partial charge is 0.227 e. The third-order valence-corrected chi connectivity index (χ3v) is 4.49. The van der Waals surface area contributed by atoms with Crippen LogP contribution in [0.25, 0.3) is 0 Å². The molecule has 1 aromatic rings. The average Bonchev–Trinajstić information content (AvgIpc) is 2.93. The highest BCUT2D eigenvalue weighted by Gasteiger charge is 2.26. The molecule has 2 aliphatic heterocycles. The van der Waals surface area contributed by atoms with Crippen molar-refractivity contribution in [2.24, 2.45) is 0 Å². The van der Waals surface area contributed by atoms with Crippen LogP contribution >= 0.6 is 0 Å². The lowest BCUT2D eigenvalue weighted by molar-refractivity contribution is -0.117. The van der Waals surface area contributed by atoms with Gasteiger partial charge in [0.2, 0.25) is 5.91 Å². The zero-order valence-corrected chi connectivity index (χ0v) is 13.1. The third-order valence-electron chi connectivity index (χ3n) is 4.49. The predicted molar refractivity (Wildman–Crippen MR) is 87.2 cm³/mol. The first-order valence-corrected chi connectivity index (χ1v) is 8.07. The van der Waals surface area contributed by atoms with Crippen molar-refractivity contribution < 1.29 is 4.79 Å². The Morgan fingerprint density at radius 1 is 1.10 bits per heavy atom. The fourth-order valence-electron chi connectivity index (χ4n) is 3.19. The van der Waals surface area contributed by atoms with E-state index in [0.29, 0.717) is 12.3 Å². The molecule has 0 saturated carbocycles. The Hall–Kier alpha value is -1.55. The van der Waals surface area contributed by atoms with Crippen LogP contribution in [0.1, 0.15) is 38.2 Å². The first kappa shape index (κ1) is 14.4. The molecule has 0 aromatic heterocycles. The lowest BCUT2D eigenvalue weighted by atomic mass is 10.0. The first-order valence-electron chi connectivity index (χ1n) is 8.07. The van der Waals surface area contributed by atoms with Gasteiger partial charge < -0.3 is 15.1 Å². The highest BCUT2D eigenvalue weighted by molar-refractivity contribution is 5.98. The van der Waals surface area contributed by atoms with Gasteiger partial charge in [-0.2, -0.15) is 0 Å². The standard InChI is InChI=1S/C17H25N3O/c1-13(2)14-5-6-15(19-10-7-18-8-11-19)16(12-14)20-9-3-4-17(20)21/h5-6,12-13,18H,3-4,7-11H2,1-2H3. The van der Waals surface area contributed by atoms with Crippen molar-refractivity contribution >= 4 is 17.3 Å². The van der Waals surface area contributed by atoms with Gasteiger partial charge in [-0.15, -0.1) is 0 Å². The summed E-state index contributed by atoms with van der Waals surface area (Å²) in [5.41, 5.74) is 3.64. The van der Waals surface area contributed by atoms with Gasteiger partial charge in [0.05, 0.1) is 11.4 Å². The number of hydrogen-bond donors (Lipinski definition) is 1. The Balaban J connectivity index is 1.99. The van der Waals surface area contributed by atoms with Crippen molar-refractivity contribution in [3.8, 4) is 0 Å². The van der Waals surface area contributed by atoms with E-state index in [1.165, 1.54) is 11.3 Å². The number of rotatable bonds is 3. The second-order valence-electron chi connectivity index (χ2n) is 6.29. The molecule has 0 bridgehead atoms. The van der Waals surface area contributed by atoms with Crippen LogP contribution in [0.4, 0.5) is 11.4 Å². The van der Waals surface area contributed by atoms with E-state index < -0.39 is 0 Å². The summed E-state index contributed by atoms with van der Waals surface area (Å²) in [6, 6.07) is 6.65. The van der Waals surface area contributed by atoms with E-state index in [0.717, 1.165) is 44.8 Å². The molecule has 2 heterocycles. The molecule has 1 N–H and O–H groups in total. The van der Waals surface area contributed by atoms with E-state index in [4.69, 9.17) is 0 Å². The quantitative estimate of drug-likeness (QED) is 0.927. The molecule has 0 atom stereocenters. The van der Waals surface area contributed by atoms with Crippen LogP contribution in [0.3, 0.4) is 0 Å². The topological polar surface area (TPSA) is 35.6 Å². The fourth-order valence-corrected chi connectivity index (χ4v) is 3.19. The van der Waals surface area contributed by atoms with Crippen molar-refractivity contribution in [3.05, 3.63) is 23.8 Å². The molecule has 3 rings (SSSR count). The van der Waals surface area contributed by atoms with Crippen molar-refractivity contribution in [1.29, 1.82) is 0 Å². The number of hydrogen-bond acceptors (Lipinski definition) is 3. The maximum absolute atomic E-state index is 12.2. The molecular weight excluding hydrogens is 262 g/mol. The highest BCUT2D eigenvalue weighted by atomic mass is 16.2. The van der Waals surface area contributed by atoms with Gasteiger partial charge in [0.15, 0.2) is 0 Å². The number of carbonyl (C=O) groups excluding carboxylic acids is 1. The van der Waals surface area contributed by atoms with Crippen molar-refractivity contribution in [2.75, 3.05) is 42.5 Å². The molecule has 114 valence electrons. The van der Waals surface area contributed by atoms with Crippen molar-refractivity contribution in [2.45, 2.75) is 32.6 Å². The Bertz CT molecular complexity index is 521. The van der Waals surface area contributed by atoms with Crippen LogP contribution in [-0.4, -0.2) is 38.6 Å². The largest absolute Gasteiger partial charge is 0.367 e. The number of carbonyl (C=O) groups is 1. The lowest BCUT2D eigenvalue weighted by Crippen LogP contribution is -2.44. The average molecular weight is 287 g/mol. The molecule has 2 fully saturated rings. The minimum Gasteiger partial charge on any atom is -0.367 e. The minimum atomic E-state index is 0.271. The zero-order valence-electron chi connectivity index (χ0n) is 13.1. The van der Waals surface area contributed by atoms with Gasteiger partial charge in [0, 0.05) is 39.1 Å². The SMILES string of the molecule is CC(C)c1ccc(N2CCNCC2)c(N2CCCC2=O)c1. The normalized spacial score (nSPS) is 19.7. The van der Waals surface area contributed by atoms with E-state index in [2.05, 4.69) is 42.3 Å². The van der Waals surface area contributed by atoms with Gasteiger partial charge >= 0.3 is 0 Å². The summed E-state index contributed by atoms with van der Waals surface area (Å²) in [7, 11) is 0. The molecule has 4 nitrogen and oxygen atoms in total. The summed E-state index contributed by atoms with van der Waals surface area (Å²) in [4.78, 5) is 16.6. The molecule has 0 unspecified atom stereocenters. The van der Waals surface area contributed by atoms with E-state index in [1.54, 1.807) is 0 Å². The molecule has 2 saturated heterocycles. The summed E-state index contributed by atoms with van der Waals surface area (Å²) in [6.45, 7) is 9.31. The van der Waals surface area contributed by atoms with Gasteiger partial charge in [-0.25, -0.2) is 0 Å². The first-order chi connectivity index (χ1) is 10.2. The monoisotopic (exact) mass is 287 g/mol. The Morgan fingerprint density at radius 2 is 1.86 bits per heavy atom. The van der Waals surface area contributed by atoms with Crippen LogP contribution in [0.2, 0.25) is 0 Å². The molecule has 0 aliphatic carbocycles. The van der Waals surface area contributed by atoms with E-state index >= 15 is 0 Å². The summed E-state index contributed by atoms with van der Waals surface area (Å²) in [6.07, 6.45) is 1.67. The van der Waals surface area contributed by atoms with Crippen LogP contribution in [0, 0.1) is 0 Å². The van der Waals surface area contributed by atoms with Gasteiger partial charge in [0.25, 0.3) is 0 Å². The molecule has 2 aliphatic rings. The van der Waals surface area contributed by atoms with E-state index in [1.807, 2.05) is 4.90 Å². The van der Waals surface area contributed by atoms with Crippen LogP contribution in [-0.2, 0) is 4.79 Å². The maximum Gasteiger partial charge on any atom is 0.227 e. The van der Waals surface area contributed by atoms with E-state index in [9.17, 15) is 4.79 Å². The second-order valence-corrected chi connectivity index (χ2v) is 6.29.